The van der Waals surface area contributed by atoms with Crippen LogP contribution < -0.4 is 21.7 Å². The van der Waals surface area contributed by atoms with Gasteiger partial charge in [-0.1, -0.05) is 18.2 Å². The fourth-order valence-electron chi connectivity index (χ4n) is 2.82. The van der Waals surface area contributed by atoms with Crippen LogP contribution in [0.3, 0.4) is 0 Å². The van der Waals surface area contributed by atoms with Crippen LogP contribution in [0.5, 0.6) is 11.5 Å². The first-order valence-corrected chi connectivity index (χ1v) is 8.18. The molecule has 0 aliphatic heterocycles. The molecule has 0 amide bonds. The molecule has 4 aromatic rings. The molecule has 0 unspecified atom stereocenters. The molecule has 0 spiro atoms. The number of nitrogens with two attached hydrogens (primary N) is 1. The normalized spacial score (nSPS) is 10.9. The van der Waals surface area contributed by atoms with Crippen molar-refractivity contribution in [1.29, 1.82) is 0 Å². The SMILES string of the molecule is Cc1c(Oc2cccc(N)c2)c(=O)oc2cc(-c3nccc(=O)[nH]3)ccc12. The van der Waals surface area contributed by atoms with E-state index in [-0.39, 0.29) is 11.3 Å². The molecule has 134 valence electrons. The minimum Gasteiger partial charge on any atom is -0.449 e. The molecular formula is C20H15N3O4. The molecule has 27 heavy (non-hydrogen) atoms. The number of aromatic nitrogens is 2. The minimum atomic E-state index is -0.603. The first-order valence-electron chi connectivity index (χ1n) is 8.18. The number of hydrogen-bond donors (Lipinski definition) is 2. The first-order chi connectivity index (χ1) is 13.0. The zero-order valence-electron chi connectivity index (χ0n) is 14.4. The van der Waals surface area contributed by atoms with Gasteiger partial charge in [0.25, 0.3) is 5.56 Å². The van der Waals surface area contributed by atoms with E-state index in [2.05, 4.69) is 9.97 Å². The van der Waals surface area contributed by atoms with Crippen molar-refractivity contribution in [3.8, 4) is 22.9 Å². The molecule has 0 aliphatic rings. The molecule has 2 aromatic carbocycles. The molecule has 0 aliphatic carbocycles. The van der Waals surface area contributed by atoms with E-state index in [0.29, 0.717) is 34.0 Å². The van der Waals surface area contributed by atoms with Crippen molar-refractivity contribution in [2.24, 2.45) is 0 Å². The van der Waals surface area contributed by atoms with Gasteiger partial charge in [-0.25, -0.2) is 9.78 Å². The monoisotopic (exact) mass is 361 g/mol. The van der Waals surface area contributed by atoms with E-state index in [4.69, 9.17) is 14.9 Å². The molecule has 0 atom stereocenters. The second-order valence-corrected chi connectivity index (χ2v) is 6.01. The van der Waals surface area contributed by atoms with E-state index in [1.807, 2.05) is 0 Å². The molecule has 0 saturated carbocycles. The van der Waals surface area contributed by atoms with Crippen LogP contribution in [0.1, 0.15) is 5.56 Å². The first kappa shape index (κ1) is 16.6. The fourth-order valence-corrected chi connectivity index (χ4v) is 2.82. The number of hydrogen-bond acceptors (Lipinski definition) is 6. The largest absolute Gasteiger partial charge is 0.449 e. The van der Waals surface area contributed by atoms with Crippen molar-refractivity contribution in [2.75, 3.05) is 5.73 Å². The van der Waals surface area contributed by atoms with Crippen LogP contribution in [0.25, 0.3) is 22.4 Å². The maximum atomic E-state index is 12.4. The maximum absolute atomic E-state index is 12.4. The van der Waals surface area contributed by atoms with E-state index in [0.717, 1.165) is 5.39 Å². The highest BCUT2D eigenvalue weighted by Gasteiger charge is 2.15. The van der Waals surface area contributed by atoms with Crippen LogP contribution in [0.15, 0.2) is 68.7 Å². The zero-order valence-corrected chi connectivity index (χ0v) is 14.4. The number of H-pyrrole nitrogens is 1. The molecule has 3 N–H and O–H groups in total. The average Bonchev–Trinajstić information content (AvgIpc) is 2.65. The predicted molar refractivity (Wildman–Crippen MR) is 102 cm³/mol. The Bertz CT molecular complexity index is 1270. The summed E-state index contributed by atoms with van der Waals surface area (Å²) >= 11 is 0. The highest BCUT2D eigenvalue weighted by atomic mass is 16.5. The molecule has 0 saturated heterocycles. The maximum Gasteiger partial charge on any atom is 0.379 e. The molecule has 2 aromatic heterocycles. The molecule has 0 fully saturated rings. The van der Waals surface area contributed by atoms with Gasteiger partial charge < -0.3 is 19.9 Å². The Morgan fingerprint density at radius 1 is 1.11 bits per heavy atom. The summed E-state index contributed by atoms with van der Waals surface area (Å²) in [7, 11) is 0. The number of benzene rings is 2. The lowest BCUT2D eigenvalue weighted by Gasteiger charge is -2.10. The minimum absolute atomic E-state index is 0.104. The van der Waals surface area contributed by atoms with Crippen LogP contribution in [-0.2, 0) is 0 Å². The number of rotatable bonds is 3. The van der Waals surface area contributed by atoms with Gasteiger partial charge >= 0.3 is 5.63 Å². The van der Waals surface area contributed by atoms with Crippen LogP contribution in [-0.4, -0.2) is 9.97 Å². The summed E-state index contributed by atoms with van der Waals surface area (Å²) in [6.07, 6.45) is 1.42. The van der Waals surface area contributed by atoms with Gasteiger partial charge in [0.15, 0.2) is 0 Å². The summed E-state index contributed by atoms with van der Waals surface area (Å²) in [6.45, 7) is 1.78. The summed E-state index contributed by atoms with van der Waals surface area (Å²) in [5.41, 5.74) is 7.07. The van der Waals surface area contributed by atoms with Crippen molar-refractivity contribution in [3.05, 3.63) is 81.1 Å². The summed E-state index contributed by atoms with van der Waals surface area (Å²) in [4.78, 5) is 30.7. The van der Waals surface area contributed by atoms with Gasteiger partial charge in [-0.05, 0) is 25.1 Å². The van der Waals surface area contributed by atoms with Crippen molar-refractivity contribution in [2.45, 2.75) is 6.92 Å². The third-order valence-electron chi connectivity index (χ3n) is 4.14. The van der Waals surface area contributed by atoms with E-state index < -0.39 is 5.63 Å². The summed E-state index contributed by atoms with van der Waals surface area (Å²) in [5, 5.41) is 0.718. The second kappa shape index (κ2) is 6.45. The zero-order chi connectivity index (χ0) is 19.0. The molecular weight excluding hydrogens is 346 g/mol. The van der Waals surface area contributed by atoms with Gasteiger partial charge in [-0.2, -0.15) is 0 Å². The van der Waals surface area contributed by atoms with Crippen molar-refractivity contribution in [1.82, 2.24) is 9.97 Å². The highest BCUT2D eigenvalue weighted by molar-refractivity contribution is 5.85. The topological polar surface area (TPSA) is 111 Å². The van der Waals surface area contributed by atoms with Gasteiger partial charge in [0.2, 0.25) is 5.75 Å². The molecule has 7 nitrogen and oxygen atoms in total. The van der Waals surface area contributed by atoms with Gasteiger partial charge in [-0.15, -0.1) is 0 Å². The number of ether oxygens (including phenoxy) is 1. The van der Waals surface area contributed by atoms with Crippen LogP contribution in [0, 0.1) is 6.92 Å². The third-order valence-corrected chi connectivity index (χ3v) is 4.14. The van der Waals surface area contributed by atoms with Crippen molar-refractivity contribution < 1.29 is 9.15 Å². The van der Waals surface area contributed by atoms with E-state index in [1.165, 1.54) is 12.3 Å². The van der Waals surface area contributed by atoms with Gasteiger partial charge in [-0.3, -0.25) is 4.79 Å². The smallest absolute Gasteiger partial charge is 0.379 e. The summed E-state index contributed by atoms with van der Waals surface area (Å²) < 4.78 is 11.2. The van der Waals surface area contributed by atoms with Crippen LogP contribution in [0.4, 0.5) is 5.69 Å². The Labute approximate surface area is 153 Å². The van der Waals surface area contributed by atoms with Crippen LogP contribution in [0.2, 0.25) is 0 Å². The number of nitrogens with zero attached hydrogens (tertiary/aromatic N) is 1. The molecule has 7 heteroatoms. The highest BCUT2D eigenvalue weighted by Crippen LogP contribution is 2.30. The Hall–Kier alpha value is -3.87. The number of fused-ring (bicyclic) bond motifs is 1. The molecule has 0 radical (unpaired) electrons. The lowest BCUT2D eigenvalue weighted by Crippen LogP contribution is -2.07. The quantitative estimate of drug-likeness (QED) is 0.428. The van der Waals surface area contributed by atoms with Crippen molar-refractivity contribution >= 4 is 16.7 Å². The number of aryl methyl sites for hydroxylation is 1. The lowest BCUT2D eigenvalue weighted by molar-refractivity contribution is 0.434. The van der Waals surface area contributed by atoms with E-state index in [9.17, 15) is 9.59 Å². The summed E-state index contributed by atoms with van der Waals surface area (Å²) in [5.74, 6) is 0.948. The Kier molecular flexibility index (Phi) is 3.97. The van der Waals surface area contributed by atoms with Gasteiger partial charge in [0.05, 0.1) is 0 Å². The molecule has 2 heterocycles. The lowest BCUT2D eigenvalue weighted by atomic mass is 10.1. The molecule has 4 rings (SSSR count). The second-order valence-electron chi connectivity index (χ2n) is 6.01. The van der Waals surface area contributed by atoms with Crippen LogP contribution >= 0.6 is 0 Å². The van der Waals surface area contributed by atoms with E-state index in [1.54, 1.807) is 49.4 Å². The van der Waals surface area contributed by atoms with Crippen molar-refractivity contribution in [3.63, 3.8) is 0 Å². The number of aromatic amines is 1. The Morgan fingerprint density at radius 3 is 2.74 bits per heavy atom. The van der Waals surface area contributed by atoms with Gasteiger partial charge in [0.1, 0.15) is 17.2 Å². The average molecular weight is 361 g/mol. The summed E-state index contributed by atoms with van der Waals surface area (Å²) in [6, 6.07) is 13.4. The predicted octanol–water partition coefficient (Wildman–Crippen LogP) is 3.23. The fraction of sp³-hybridized carbons (Fsp3) is 0.0500. The third kappa shape index (κ3) is 3.18. The molecule has 0 bridgehead atoms. The van der Waals surface area contributed by atoms with Gasteiger partial charge in [0, 0.05) is 40.5 Å². The van der Waals surface area contributed by atoms with E-state index >= 15 is 0 Å². The Morgan fingerprint density at radius 2 is 1.96 bits per heavy atom. The Balaban J connectivity index is 1.81. The number of nitrogen functional groups attached to an aromatic ring is 1. The number of nitrogens with one attached hydrogen (secondary N) is 1. The number of anilines is 1. The standard InChI is InChI=1S/C20H15N3O4/c1-11-15-6-5-12(19-22-8-7-17(24)23-19)9-16(15)27-20(25)18(11)26-14-4-2-3-13(21)10-14/h2-10H,21H2,1H3,(H,22,23,24).